The van der Waals surface area contributed by atoms with E-state index in [-0.39, 0.29) is 18.3 Å². The van der Waals surface area contributed by atoms with E-state index in [9.17, 15) is 13.2 Å². The Morgan fingerprint density at radius 1 is 1.33 bits per heavy atom. The number of hydrogen-bond donors (Lipinski definition) is 2. The number of nitrogens with zero attached hydrogens (tertiary/aromatic N) is 2. The van der Waals surface area contributed by atoms with Gasteiger partial charge in [-0.2, -0.15) is 18.2 Å². The van der Waals surface area contributed by atoms with Gasteiger partial charge < -0.3 is 4.52 Å². The van der Waals surface area contributed by atoms with Crippen molar-refractivity contribution in [1.82, 2.24) is 10.1 Å². The van der Waals surface area contributed by atoms with Crippen LogP contribution in [0.5, 0.6) is 0 Å². The molecule has 2 aromatic rings. The molecule has 96 valence electrons. The lowest BCUT2D eigenvalue weighted by atomic mass is 10.1. The van der Waals surface area contributed by atoms with Crippen molar-refractivity contribution in [3.8, 4) is 0 Å². The number of hydrazine groups is 1. The van der Waals surface area contributed by atoms with Gasteiger partial charge in [0.15, 0.2) is 5.82 Å². The van der Waals surface area contributed by atoms with Crippen LogP contribution in [0.25, 0.3) is 0 Å². The lowest BCUT2D eigenvalue weighted by molar-refractivity contribution is -0.137. The summed E-state index contributed by atoms with van der Waals surface area (Å²) < 4.78 is 42.1. The van der Waals surface area contributed by atoms with Crippen molar-refractivity contribution < 1.29 is 17.7 Å². The Kier molecular flexibility index (Phi) is 3.19. The molecule has 0 bridgehead atoms. The minimum absolute atomic E-state index is 0.0111. The Balaban J connectivity index is 2.19. The van der Waals surface area contributed by atoms with E-state index < -0.39 is 11.7 Å². The first-order valence-electron chi connectivity index (χ1n) is 4.94. The maximum Gasteiger partial charge on any atom is 0.416 e. The molecule has 0 aliphatic carbocycles. The zero-order chi connectivity index (χ0) is 13.2. The summed E-state index contributed by atoms with van der Waals surface area (Å²) in [6, 6.07) is 4.96. The molecule has 0 saturated heterocycles. The molecule has 0 aliphatic heterocycles. The van der Waals surface area contributed by atoms with Crippen LogP contribution in [0, 0.1) is 0 Å². The van der Waals surface area contributed by atoms with E-state index in [2.05, 4.69) is 20.1 Å². The second-order valence-corrected chi connectivity index (χ2v) is 3.54. The van der Waals surface area contributed by atoms with Crippen molar-refractivity contribution in [1.29, 1.82) is 0 Å². The second-order valence-electron chi connectivity index (χ2n) is 3.54. The van der Waals surface area contributed by atoms with Crippen LogP contribution in [-0.4, -0.2) is 10.1 Å². The molecule has 1 aromatic heterocycles. The molecule has 0 saturated carbocycles. The first-order chi connectivity index (χ1) is 8.49. The second kappa shape index (κ2) is 4.65. The Morgan fingerprint density at radius 2 is 2.11 bits per heavy atom. The molecule has 18 heavy (non-hydrogen) atoms. The van der Waals surface area contributed by atoms with Gasteiger partial charge in [-0.25, -0.2) is 5.84 Å². The van der Waals surface area contributed by atoms with Gasteiger partial charge in [0.25, 0.3) is 0 Å². The van der Waals surface area contributed by atoms with Gasteiger partial charge in [-0.05, 0) is 11.6 Å². The van der Waals surface area contributed by atoms with Crippen molar-refractivity contribution in [3.05, 3.63) is 41.2 Å². The van der Waals surface area contributed by atoms with Gasteiger partial charge in [-0.3, -0.25) is 5.43 Å². The number of nitrogen functional groups attached to an aromatic ring is 1. The summed E-state index contributed by atoms with van der Waals surface area (Å²) in [7, 11) is 0. The van der Waals surface area contributed by atoms with E-state index in [4.69, 9.17) is 5.84 Å². The average Bonchev–Trinajstić information content (AvgIpc) is 2.76. The first-order valence-corrected chi connectivity index (χ1v) is 4.94. The van der Waals surface area contributed by atoms with Crippen molar-refractivity contribution in [2.24, 2.45) is 5.84 Å². The molecule has 1 heterocycles. The summed E-state index contributed by atoms with van der Waals surface area (Å²) in [5.41, 5.74) is 1.88. The third kappa shape index (κ3) is 2.77. The summed E-state index contributed by atoms with van der Waals surface area (Å²) in [5.74, 6) is 5.29. The largest absolute Gasteiger partial charge is 0.416 e. The maximum absolute atomic E-state index is 12.5. The van der Waals surface area contributed by atoms with Crippen LogP contribution in [-0.2, 0) is 12.6 Å². The van der Waals surface area contributed by atoms with E-state index in [1.807, 2.05) is 0 Å². The molecular weight excluding hydrogens is 249 g/mol. The summed E-state index contributed by atoms with van der Waals surface area (Å²) in [6.07, 6.45) is -4.23. The summed E-state index contributed by atoms with van der Waals surface area (Å²) >= 11 is 0. The molecule has 0 fully saturated rings. The van der Waals surface area contributed by atoms with Gasteiger partial charge >= 0.3 is 12.2 Å². The molecule has 1 aromatic carbocycles. The van der Waals surface area contributed by atoms with Crippen molar-refractivity contribution in [2.75, 3.05) is 5.43 Å². The van der Waals surface area contributed by atoms with Crippen LogP contribution in [0.1, 0.15) is 17.0 Å². The molecule has 2 rings (SSSR count). The number of aromatic nitrogens is 2. The number of anilines is 1. The summed E-state index contributed by atoms with van der Waals surface area (Å²) in [6.45, 7) is 0. The van der Waals surface area contributed by atoms with E-state index in [0.717, 1.165) is 12.1 Å². The number of halogens is 3. The fraction of sp³-hybridized carbons (Fsp3) is 0.200. The van der Waals surface area contributed by atoms with E-state index in [1.54, 1.807) is 6.07 Å². The highest BCUT2D eigenvalue weighted by atomic mass is 19.4. The van der Waals surface area contributed by atoms with Crippen molar-refractivity contribution in [2.45, 2.75) is 12.6 Å². The van der Waals surface area contributed by atoms with Gasteiger partial charge in [0.05, 0.1) is 5.56 Å². The van der Waals surface area contributed by atoms with Gasteiger partial charge in [-0.15, -0.1) is 0 Å². The van der Waals surface area contributed by atoms with Gasteiger partial charge in [0.2, 0.25) is 0 Å². The molecule has 5 nitrogen and oxygen atoms in total. The normalized spacial score (nSPS) is 11.6. The Bertz CT molecular complexity index is 538. The van der Waals surface area contributed by atoms with Crippen molar-refractivity contribution >= 4 is 6.01 Å². The Hall–Kier alpha value is -2.09. The molecule has 0 spiro atoms. The number of rotatable bonds is 3. The predicted octanol–water partition coefficient (Wildman–Crippen LogP) is 1.96. The minimum atomic E-state index is -4.36. The molecule has 8 heteroatoms. The molecule has 0 aliphatic rings. The number of alkyl halides is 3. The van der Waals surface area contributed by atoms with Crippen molar-refractivity contribution in [3.63, 3.8) is 0 Å². The predicted molar refractivity (Wildman–Crippen MR) is 56.4 cm³/mol. The van der Waals surface area contributed by atoms with Crippen LogP contribution in [0.2, 0.25) is 0 Å². The molecule has 3 N–H and O–H groups in total. The van der Waals surface area contributed by atoms with Crippen LogP contribution in [0.3, 0.4) is 0 Å². The highest BCUT2D eigenvalue weighted by Gasteiger charge is 2.30. The maximum atomic E-state index is 12.5. The van der Waals surface area contributed by atoms with E-state index in [1.165, 1.54) is 6.07 Å². The van der Waals surface area contributed by atoms with Gasteiger partial charge in [-0.1, -0.05) is 23.4 Å². The van der Waals surface area contributed by atoms with Gasteiger partial charge in [0.1, 0.15) is 0 Å². The topological polar surface area (TPSA) is 77.0 Å². The zero-order valence-corrected chi connectivity index (χ0v) is 9.03. The van der Waals surface area contributed by atoms with Crippen LogP contribution >= 0.6 is 0 Å². The fourth-order valence-electron chi connectivity index (χ4n) is 1.42. The SMILES string of the molecule is NNc1nc(Cc2cccc(C(F)(F)F)c2)no1. The number of nitrogens with two attached hydrogens (primary N) is 1. The number of nitrogens with one attached hydrogen (secondary N) is 1. The number of benzene rings is 1. The summed E-state index contributed by atoms with van der Waals surface area (Å²) in [5, 5.41) is 3.56. The molecular formula is C10H9F3N4O. The van der Waals surface area contributed by atoms with E-state index in [0.29, 0.717) is 5.56 Å². The smallest absolute Gasteiger partial charge is 0.314 e. The molecule has 0 unspecified atom stereocenters. The average molecular weight is 258 g/mol. The standard InChI is InChI=1S/C10H9F3N4O/c11-10(12,13)7-3-1-2-6(4-7)5-8-15-9(16-14)18-17-8/h1-4H,5,14H2,(H,15,16,17). The quantitative estimate of drug-likeness (QED) is 0.650. The van der Waals surface area contributed by atoms with Gasteiger partial charge in [0, 0.05) is 6.42 Å². The zero-order valence-electron chi connectivity index (χ0n) is 9.03. The molecule has 0 radical (unpaired) electrons. The summed E-state index contributed by atoms with van der Waals surface area (Å²) in [4.78, 5) is 3.82. The third-order valence-electron chi connectivity index (χ3n) is 2.21. The highest BCUT2D eigenvalue weighted by molar-refractivity contribution is 5.28. The lowest BCUT2D eigenvalue weighted by Crippen LogP contribution is -2.07. The highest BCUT2D eigenvalue weighted by Crippen LogP contribution is 2.29. The first kappa shape index (κ1) is 12.4. The van der Waals surface area contributed by atoms with Crippen LogP contribution in [0.4, 0.5) is 19.2 Å². The fourth-order valence-corrected chi connectivity index (χ4v) is 1.42. The monoisotopic (exact) mass is 258 g/mol. The third-order valence-corrected chi connectivity index (χ3v) is 2.21. The number of hydrogen-bond acceptors (Lipinski definition) is 5. The Labute approximate surface area is 99.8 Å². The lowest BCUT2D eigenvalue weighted by Gasteiger charge is -2.07. The van der Waals surface area contributed by atoms with Crippen LogP contribution in [0.15, 0.2) is 28.8 Å². The van der Waals surface area contributed by atoms with Crippen LogP contribution < -0.4 is 11.3 Å². The molecule has 0 amide bonds. The molecule has 0 atom stereocenters. The Morgan fingerprint density at radius 3 is 2.72 bits per heavy atom. The minimum Gasteiger partial charge on any atom is -0.314 e. The van der Waals surface area contributed by atoms with E-state index >= 15 is 0 Å².